The molecule has 0 fully saturated rings. The minimum atomic E-state index is -0.0516. The van der Waals surface area contributed by atoms with Crippen LogP contribution in [0.2, 0.25) is 0 Å². The van der Waals surface area contributed by atoms with Crippen molar-refractivity contribution in [1.82, 2.24) is 0 Å². The minimum absolute atomic E-state index is 0.0129. The average molecular weight is 701 g/mol. The van der Waals surface area contributed by atoms with E-state index in [0.717, 1.165) is 0 Å². The summed E-state index contributed by atoms with van der Waals surface area (Å²) in [7, 11) is 0. The van der Waals surface area contributed by atoms with Gasteiger partial charge in [-0.15, -0.1) is 0 Å². The second-order valence-corrected chi connectivity index (χ2v) is 10.2. The lowest BCUT2D eigenvalue weighted by Gasteiger charge is -2.10. The number of aliphatic hydroxyl groups excluding tert-OH is 2. The molecule has 0 aliphatic carbocycles. The van der Waals surface area contributed by atoms with E-state index < -0.39 is 0 Å². The predicted octanol–water partition coefficient (Wildman–Crippen LogP) is 3.44. The van der Waals surface area contributed by atoms with Gasteiger partial charge in [0, 0.05) is 23.6 Å². The highest BCUT2D eigenvalue weighted by Gasteiger charge is 2.09. The van der Waals surface area contributed by atoms with Crippen LogP contribution < -0.4 is 9.47 Å². The van der Waals surface area contributed by atoms with E-state index in [9.17, 15) is 10.2 Å². The van der Waals surface area contributed by atoms with Crippen LogP contribution >= 0.6 is 0 Å². The maximum Gasteiger partial charge on any atom is 0.166 e. The number of phenolic OH excluding ortho intramolecular Hbond substituents is 2. The van der Waals surface area contributed by atoms with E-state index >= 15 is 0 Å². The Bertz CT molecular complexity index is 1300. The molecule has 3 aromatic carbocycles. The summed E-state index contributed by atoms with van der Waals surface area (Å²) in [6, 6.07) is 17.5. The molecular weight excluding hydrogens is 652 g/mol. The van der Waals surface area contributed by atoms with E-state index in [-0.39, 0.29) is 37.9 Å². The summed E-state index contributed by atoms with van der Waals surface area (Å²) in [5.74, 6) is 0.501. The largest absolute Gasteiger partial charge is 0.504 e. The summed E-state index contributed by atoms with van der Waals surface area (Å²) in [6.45, 7) is 4.93. The Morgan fingerprint density at radius 2 is 0.760 bits per heavy atom. The lowest BCUT2D eigenvalue weighted by Crippen LogP contribution is -2.13. The highest BCUT2D eigenvalue weighted by atomic mass is 16.6. The minimum Gasteiger partial charge on any atom is -0.504 e. The fourth-order valence-corrected chi connectivity index (χ4v) is 4.11. The molecule has 14 heteroatoms. The molecule has 50 heavy (non-hydrogen) atoms. The van der Waals surface area contributed by atoms with Crippen LogP contribution in [0.4, 0.5) is 11.4 Å². The van der Waals surface area contributed by atoms with E-state index in [1.807, 2.05) is 12.1 Å². The summed E-state index contributed by atoms with van der Waals surface area (Å²) < 4.78 is 43.4. The third-order valence-corrected chi connectivity index (χ3v) is 6.56. The Balaban J connectivity index is 1.45. The molecule has 0 unspecified atom stereocenters. The molecule has 0 atom stereocenters. The van der Waals surface area contributed by atoms with Crippen LogP contribution in [0.1, 0.15) is 11.1 Å². The van der Waals surface area contributed by atoms with Gasteiger partial charge < -0.3 is 58.3 Å². The number of para-hydroxylation sites is 4. The first-order chi connectivity index (χ1) is 24.6. The number of ether oxygens (including phenoxy) is 8. The summed E-state index contributed by atoms with van der Waals surface area (Å²) >= 11 is 0. The van der Waals surface area contributed by atoms with Crippen LogP contribution in [0.5, 0.6) is 23.0 Å². The maximum atomic E-state index is 10.8. The van der Waals surface area contributed by atoms with Gasteiger partial charge in [-0.05, 0) is 36.4 Å². The molecule has 0 saturated carbocycles. The average Bonchev–Trinajstić information content (AvgIpc) is 3.13. The van der Waals surface area contributed by atoms with Gasteiger partial charge in [0.25, 0.3) is 0 Å². The van der Waals surface area contributed by atoms with Gasteiger partial charge in [-0.1, -0.05) is 24.3 Å². The lowest BCUT2D eigenvalue weighted by atomic mass is 10.2. The molecule has 0 heterocycles. The van der Waals surface area contributed by atoms with Gasteiger partial charge in [-0.2, -0.15) is 0 Å². The van der Waals surface area contributed by atoms with Gasteiger partial charge in [0.1, 0.15) is 13.2 Å². The van der Waals surface area contributed by atoms with Crippen molar-refractivity contribution in [3.8, 4) is 23.0 Å². The highest BCUT2D eigenvalue weighted by Crippen LogP contribution is 2.32. The van der Waals surface area contributed by atoms with Gasteiger partial charge in [0.2, 0.25) is 0 Å². The van der Waals surface area contributed by atoms with Crippen LogP contribution in [0, 0.1) is 0 Å². The molecule has 0 radical (unpaired) electrons. The highest BCUT2D eigenvalue weighted by molar-refractivity contribution is 5.90. The van der Waals surface area contributed by atoms with E-state index in [1.165, 1.54) is 12.4 Å². The number of aliphatic imine (C=N–C) groups is 2. The number of rotatable bonds is 28. The zero-order chi connectivity index (χ0) is 35.5. The Morgan fingerprint density at radius 3 is 1.12 bits per heavy atom. The zero-order valence-electron chi connectivity index (χ0n) is 28.2. The second-order valence-electron chi connectivity index (χ2n) is 10.2. The van der Waals surface area contributed by atoms with Crippen molar-refractivity contribution >= 4 is 23.8 Å². The Kier molecular flexibility index (Phi) is 20.8. The number of benzene rings is 3. The number of aromatic hydroxyl groups is 2. The van der Waals surface area contributed by atoms with Crippen LogP contribution in [0.15, 0.2) is 70.6 Å². The van der Waals surface area contributed by atoms with Crippen molar-refractivity contribution in [3.63, 3.8) is 0 Å². The van der Waals surface area contributed by atoms with Crippen LogP contribution in [0.25, 0.3) is 0 Å². The molecule has 0 bridgehead atoms. The van der Waals surface area contributed by atoms with Crippen LogP contribution in [-0.2, 0) is 28.4 Å². The van der Waals surface area contributed by atoms with E-state index in [1.54, 1.807) is 48.5 Å². The molecule has 0 aliphatic rings. The predicted molar refractivity (Wildman–Crippen MR) is 187 cm³/mol. The second kappa shape index (κ2) is 25.8. The molecule has 4 N–H and O–H groups in total. The summed E-state index contributed by atoms with van der Waals surface area (Å²) in [6.07, 6.45) is 3.06. The Hall–Kier alpha value is -4.12. The summed E-state index contributed by atoms with van der Waals surface area (Å²) in [5.41, 5.74) is 2.02. The van der Waals surface area contributed by atoms with Crippen LogP contribution in [-0.4, -0.2) is 139 Å². The van der Waals surface area contributed by atoms with Gasteiger partial charge in [0.15, 0.2) is 23.0 Å². The van der Waals surface area contributed by atoms with Gasteiger partial charge in [-0.25, -0.2) is 0 Å². The first kappa shape index (κ1) is 40.3. The zero-order valence-corrected chi connectivity index (χ0v) is 28.2. The molecule has 3 aromatic rings. The van der Waals surface area contributed by atoms with Crippen molar-refractivity contribution in [2.75, 3.05) is 106 Å². The third kappa shape index (κ3) is 16.1. The fourth-order valence-electron chi connectivity index (χ4n) is 4.11. The molecule has 0 amide bonds. The quantitative estimate of drug-likeness (QED) is 0.0642. The van der Waals surface area contributed by atoms with Gasteiger partial charge in [-0.3, -0.25) is 9.98 Å². The molecule has 0 saturated heterocycles. The standard InChI is InChI=1S/C36H48N2O12/c39-11-13-43-15-17-45-19-21-47-23-25-49-33-9-3-5-29(35(33)41)27-37-31-7-1-2-8-32(31)38-28-30-6-4-10-34(36(30)42)50-26-24-48-22-20-46-18-16-44-14-12-40/h1-10,27-28,39-42H,11-26H2. The van der Waals surface area contributed by atoms with Crippen molar-refractivity contribution in [1.29, 1.82) is 0 Å². The van der Waals surface area contributed by atoms with Crippen molar-refractivity contribution in [2.24, 2.45) is 9.98 Å². The number of phenols is 2. The molecular formula is C36H48N2O12. The number of hydrogen-bond donors (Lipinski definition) is 4. The van der Waals surface area contributed by atoms with Crippen molar-refractivity contribution in [3.05, 3.63) is 71.8 Å². The van der Waals surface area contributed by atoms with E-state index in [2.05, 4.69) is 9.98 Å². The van der Waals surface area contributed by atoms with Crippen molar-refractivity contribution < 1.29 is 58.3 Å². The van der Waals surface area contributed by atoms with E-state index in [0.29, 0.717) is 113 Å². The van der Waals surface area contributed by atoms with E-state index in [4.69, 9.17) is 48.1 Å². The summed E-state index contributed by atoms with van der Waals surface area (Å²) in [4.78, 5) is 9.09. The van der Waals surface area contributed by atoms with Crippen LogP contribution in [0.3, 0.4) is 0 Å². The Morgan fingerprint density at radius 1 is 0.420 bits per heavy atom. The van der Waals surface area contributed by atoms with Crippen molar-refractivity contribution in [2.45, 2.75) is 0 Å². The first-order valence-corrected chi connectivity index (χ1v) is 16.4. The molecule has 14 nitrogen and oxygen atoms in total. The first-order valence-electron chi connectivity index (χ1n) is 16.4. The molecule has 0 spiro atoms. The fraction of sp³-hybridized carbons (Fsp3) is 0.444. The lowest BCUT2D eigenvalue weighted by molar-refractivity contribution is 0.00351. The maximum absolute atomic E-state index is 10.8. The SMILES string of the molecule is OCCOCCOCCOCCOc1cccc(C=Nc2ccccc2N=Cc2cccc(OCCOCCOCCOCCO)c2O)c1O. The summed E-state index contributed by atoms with van der Waals surface area (Å²) in [5, 5.41) is 38.9. The topological polar surface area (TPSA) is 179 Å². The molecule has 274 valence electrons. The number of hydrogen-bond acceptors (Lipinski definition) is 14. The normalized spacial score (nSPS) is 11.6. The number of aliphatic hydroxyl groups is 2. The molecule has 0 aromatic heterocycles. The molecule has 0 aliphatic heterocycles. The van der Waals surface area contributed by atoms with Gasteiger partial charge in [0.05, 0.1) is 104 Å². The van der Waals surface area contributed by atoms with Gasteiger partial charge >= 0.3 is 0 Å². The number of nitrogens with zero attached hydrogens (tertiary/aromatic N) is 2. The third-order valence-electron chi connectivity index (χ3n) is 6.56. The smallest absolute Gasteiger partial charge is 0.166 e. The monoisotopic (exact) mass is 700 g/mol. The Labute approximate surface area is 292 Å². The molecule has 3 rings (SSSR count).